The number of hydrogen-bond acceptors (Lipinski definition) is 4. The van der Waals surface area contributed by atoms with E-state index in [9.17, 15) is 17.2 Å². The third-order valence-electron chi connectivity index (χ3n) is 4.16. The summed E-state index contributed by atoms with van der Waals surface area (Å²) in [7, 11) is -4.30. The van der Waals surface area contributed by atoms with Crippen molar-refractivity contribution in [2.24, 2.45) is 0 Å². The minimum absolute atomic E-state index is 0.0542. The van der Waals surface area contributed by atoms with Crippen LogP contribution in [0.4, 0.5) is 8.78 Å². The van der Waals surface area contributed by atoms with E-state index in [0.29, 0.717) is 13.2 Å². The van der Waals surface area contributed by atoms with Gasteiger partial charge in [-0.1, -0.05) is 36.4 Å². The fourth-order valence-corrected chi connectivity index (χ4v) is 4.10. The van der Waals surface area contributed by atoms with Gasteiger partial charge in [-0.25, -0.2) is 21.9 Å². The van der Waals surface area contributed by atoms with Crippen molar-refractivity contribution in [3.8, 4) is 0 Å². The second-order valence-electron chi connectivity index (χ2n) is 6.12. The van der Waals surface area contributed by atoms with Gasteiger partial charge in [0.05, 0.1) is 12.7 Å². The van der Waals surface area contributed by atoms with Crippen LogP contribution in [-0.2, 0) is 21.3 Å². The summed E-state index contributed by atoms with van der Waals surface area (Å²) in [6.45, 7) is 2.40. The Morgan fingerprint density at radius 2 is 1.77 bits per heavy atom. The lowest BCUT2D eigenvalue weighted by molar-refractivity contribution is -0.0276. The molecule has 0 radical (unpaired) electrons. The molecular formula is C18H20F2N2O3S. The molecule has 0 bridgehead atoms. The summed E-state index contributed by atoms with van der Waals surface area (Å²) in [5.74, 6) is -2.24. The minimum Gasteiger partial charge on any atom is -0.374 e. The molecule has 2 aromatic carbocycles. The van der Waals surface area contributed by atoms with Gasteiger partial charge in [-0.15, -0.1) is 0 Å². The van der Waals surface area contributed by atoms with Gasteiger partial charge in [-0.2, -0.15) is 0 Å². The number of sulfonamides is 1. The van der Waals surface area contributed by atoms with Crippen molar-refractivity contribution >= 4 is 10.0 Å². The zero-order valence-corrected chi connectivity index (χ0v) is 14.9. The fourth-order valence-electron chi connectivity index (χ4n) is 2.90. The van der Waals surface area contributed by atoms with Gasteiger partial charge in [0.25, 0.3) is 0 Å². The molecule has 1 aliphatic rings. The molecule has 1 fully saturated rings. The summed E-state index contributed by atoms with van der Waals surface area (Å²) in [5, 5.41) is 0. The van der Waals surface area contributed by atoms with Crippen LogP contribution in [0.25, 0.3) is 0 Å². The number of benzene rings is 2. The van der Waals surface area contributed by atoms with Crippen molar-refractivity contribution in [2.75, 3.05) is 26.2 Å². The molecule has 0 aliphatic carbocycles. The minimum atomic E-state index is -4.30. The standard InChI is InChI=1S/C18H20F2N2O3S/c19-16-7-4-8-17(20)18(16)26(23,24)21-11-15-13-22(9-10-25-15)12-14-5-2-1-3-6-14/h1-8,15,21H,9-13H2. The quantitative estimate of drug-likeness (QED) is 0.832. The second-order valence-corrected chi connectivity index (χ2v) is 7.82. The molecule has 3 rings (SSSR count). The Morgan fingerprint density at radius 3 is 2.46 bits per heavy atom. The van der Waals surface area contributed by atoms with Crippen molar-refractivity contribution in [1.29, 1.82) is 0 Å². The van der Waals surface area contributed by atoms with Crippen LogP contribution in [0.15, 0.2) is 53.4 Å². The van der Waals surface area contributed by atoms with E-state index in [-0.39, 0.29) is 6.54 Å². The summed E-state index contributed by atoms with van der Waals surface area (Å²) < 4.78 is 59.7. The smallest absolute Gasteiger partial charge is 0.246 e. The van der Waals surface area contributed by atoms with Crippen LogP contribution in [-0.4, -0.2) is 45.7 Å². The molecule has 8 heteroatoms. The van der Waals surface area contributed by atoms with Gasteiger partial charge in [-0.3, -0.25) is 4.90 Å². The molecule has 0 aromatic heterocycles. The SMILES string of the molecule is O=S(=O)(NCC1CN(Cc2ccccc2)CCO1)c1c(F)cccc1F. The van der Waals surface area contributed by atoms with Gasteiger partial charge < -0.3 is 4.74 Å². The third-order valence-corrected chi connectivity index (χ3v) is 5.63. The van der Waals surface area contributed by atoms with Crippen molar-refractivity contribution in [3.63, 3.8) is 0 Å². The largest absolute Gasteiger partial charge is 0.374 e. The number of morpholine rings is 1. The van der Waals surface area contributed by atoms with E-state index in [2.05, 4.69) is 9.62 Å². The summed E-state index contributed by atoms with van der Waals surface area (Å²) in [6, 6.07) is 12.9. The number of nitrogens with one attached hydrogen (secondary N) is 1. The van der Waals surface area contributed by atoms with Crippen molar-refractivity contribution < 1.29 is 21.9 Å². The molecule has 0 saturated carbocycles. The maximum Gasteiger partial charge on any atom is 0.246 e. The lowest BCUT2D eigenvalue weighted by Gasteiger charge is -2.33. The van der Waals surface area contributed by atoms with E-state index in [4.69, 9.17) is 4.74 Å². The van der Waals surface area contributed by atoms with Crippen LogP contribution >= 0.6 is 0 Å². The first-order chi connectivity index (χ1) is 12.5. The van der Waals surface area contributed by atoms with Gasteiger partial charge in [0.1, 0.15) is 11.6 Å². The zero-order chi connectivity index (χ0) is 18.6. The molecule has 0 spiro atoms. The summed E-state index contributed by atoms with van der Waals surface area (Å²) in [4.78, 5) is 1.19. The number of rotatable bonds is 6. The Kier molecular flexibility index (Phi) is 5.98. The molecule has 1 N–H and O–H groups in total. The first kappa shape index (κ1) is 18.9. The first-order valence-electron chi connectivity index (χ1n) is 8.27. The molecule has 1 heterocycles. The molecule has 1 unspecified atom stereocenters. The topological polar surface area (TPSA) is 58.6 Å². The predicted molar refractivity (Wildman–Crippen MR) is 93.0 cm³/mol. The van der Waals surface area contributed by atoms with E-state index in [0.717, 1.165) is 36.9 Å². The molecule has 1 aliphatic heterocycles. The molecular weight excluding hydrogens is 362 g/mol. The molecule has 5 nitrogen and oxygen atoms in total. The van der Waals surface area contributed by atoms with Crippen LogP contribution < -0.4 is 4.72 Å². The van der Waals surface area contributed by atoms with Crippen LogP contribution in [0.3, 0.4) is 0 Å². The van der Waals surface area contributed by atoms with E-state index in [1.54, 1.807) is 0 Å². The monoisotopic (exact) mass is 382 g/mol. The van der Waals surface area contributed by atoms with E-state index in [1.807, 2.05) is 30.3 Å². The van der Waals surface area contributed by atoms with E-state index < -0.39 is 32.7 Å². The molecule has 1 saturated heterocycles. The normalized spacial score (nSPS) is 18.8. The molecule has 0 amide bonds. The Bertz CT molecular complexity index is 827. The van der Waals surface area contributed by atoms with E-state index >= 15 is 0 Å². The molecule has 1 atom stereocenters. The Balaban J connectivity index is 1.60. The summed E-state index contributed by atoms with van der Waals surface area (Å²) in [6.07, 6.45) is -0.392. The van der Waals surface area contributed by atoms with E-state index in [1.165, 1.54) is 0 Å². The number of ether oxygens (including phenoxy) is 1. The van der Waals surface area contributed by atoms with Gasteiger partial charge in [0.2, 0.25) is 10.0 Å². The van der Waals surface area contributed by atoms with Gasteiger partial charge in [0.15, 0.2) is 4.90 Å². The second kappa shape index (κ2) is 8.22. The first-order valence-corrected chi connectivity index (χ1v) is 9.75. The number of halogens is 2. The van der Waals surface area contributed by atoms with Crippen molar-refractivity contribution in [3.05, 3.63) is 65.7 Å². The van der Waals surface area contributed by atoms with Crippen LogP contribution in [0.5, 0.6) is 0 Å². The Morgan fingerprint density at radius 1 is 1.08 bits per heavy atom. The fraction of sp³-hybridized carbons (Fsp3) is 0.333. The lowest BCUT2D eigenvalue weighted by Crippen LogP contribution is -2.47. The van der Waals surface area contributed by atoms with Gasteiger partial charge >= 0.3 is 0 Å². The van der Waals surface area contributed by atoms with Crippen LogP contribution in [0.1, 0.15) is 5.56 Å². The average molecular weight is 382 g/mol. The van der Waals surface area contributed by atoms with Crippen molar-refractivity contribution in [2.45, 2.75) is 17.5 Å². The number of nitrogens with zero attached hydrogens (tertiary/aromatic N) is 1. The highest BCUT2D eigenvalue weighted by molar-refractivity contribution is 7.89. The molecule has 2 aromatic rings. The van der Waals surface area contributed by atoms with Gasteiger partial charge in [0, 0.05) is 26.2 Å². The molecule has 26 heavy (non-hydrogen) atoms. The third kappa shape index (κ3) is 4.64. The highest BCUT2D eigenvalue weighted by Gasteiger charge is 2.27. The maximum absolute atomic E-state index is 13.7. The summed E-state index contributed by atoms with van der Waals surface area (Å²) >= 11 is 0. The predicted octanol–water partition coefficient (Wildman–Crippen LogP) is 2.14. The zero-order valence-electron chi connectivity index (χ0n) is 14.1. The van der Waals surface area contributed by atoms with Crippen LogP contribution in [0, 0.1) is 11.6 Å². The maximum atomic E-state index is 13.7. The molecule has 140 valence electrons. The summed E-state index contributed by atoms with van der Waals surface area (Å²) in [5.41, 5.74) is 1.15. The van der Waals surface area contributed by atoms with Gasteiger partial charge in [-0.05, 0) is 17.7 Å². The van der Waals surface area contributed by atoms with Crippen LogP contribution in [0.2, 0.25) is 0 Å². The lowest BCUT2D eigenvalue weighted by atomic mass is 10.2. The Hall–Kier alpha value is -1.87. The average Bonchev–Trinajstić information content (AvgIpc) is 2.61. The highest BCUT2D eigenvalue weighted by atomic mass is 32.2. The Labute approximate surface area is 151 Å². The highest BCUT2D eigenvalue weighted by Crippen LogP contribution is 2.18. The van der Waals surface area contributed by atoms with Crippen molar-refractivity contribution in [1.82, 2.24) is 9.62 Å². The number of hydrogen-bond donors (Lipinski definition) is 1.